The number of carbonyl (C=O) groups is 1. The molecule has 186 valence electrons. The molecule has 0 atom stereocenters. The summed E-state index contributed by atoms with van der Waals surface area (Å²) < 4.78 is 27.3. The van der Waals surface area contributed by atoms with Gasteiger partial charge < -0.3 is 16.0 Å². The number of hydrogen-bond acceptors (Lipinski definition) is 7. The SMILES string of the molecule is CCCCNc1ccc(S(=O)(=O)N(CC)CC)cc1NCC(=O)Nc1ccc([N+](=O)[O-])cc1C. The van der Waals surface area contributed by atoms with Crippen molar-refractivity contribution in [3.63, 3.8) is 0 Å². The van der Waals surface area contributed by atoms with Gasteiger partial charge in [-0.2, -0.15) is 4.31 Å². The Morgan fingerprint density at radius 1 is 1.00 bits per heavy atom. The normalized spacial score (nSPS) is 11.3. The topological polar surface area (TPSA) is 134 Å². The first kappa shape index (κ1) is 27.1. The number of sulfonamides is 1. The second-order valence-electron chi connectivity index (χ2n) is 7.74. The Balaban J connectivity index is 2.22. The van der Waals surface area contributed by atoms with Gasteiger partial charge in [0.2, 0.25) is 15.9 Å². The summed E-state index contributed by atoms with van der Waals surface area (Å²) >= 11 is 0. The summed E-state index contributed by atoms with van der Waals surface area (Å²) in [5, 5.41) is 19.9. The maximum absolute atomic E-state index is 13.0. The first-order chi connectivity index (χ1) is 16.1. The number of rotatable bonds is 13. The standard InChI is InChI=1S/C23H33N5O5S/c1-5-8-13-24-21-12-10-19(34(32,33)27(6-2)7-3)15-22(21)25-16-23(29)26-20-11-9-18(28(30)31)14-17(20)4/h9-12,14-15,24-25H,5-8,13,16H2,1-4H3,(H,26,29). The van der Waals surface area contributed by atoms with Crippen molar-refractivity contribution in [2.24, 2.45) is 0 Å². The van der Waals surface area contributed by atoms with Gasteiger partial charge >= 0.3 is 0 Å². The maximum atomic E-state index is 13.0. The molecule has 0 aromatic heterocycles. The average molecular weight is 492 g/mol. The molecule has 0 radical (unpaired) electrons. The molecule has 11 heteroatoms. The van der Waals surface area contributed by atoms with E-state index in [-0.39, 0.29) is 23.0 Å². The lowest BCUT2D eigenvalue weighted by molar-refractivity contribution is -0.384. The highest BCUT2D eigenvalue weighted by molar-refractivity contribution is 7.89. The van der Waals surface area contributed by atoms with E-state index in [9.17, 15) is 23.3 Å². The van der Waals surface area contributed by atoms with Crippen LogP contribution in [-0.4, -0.2) is 49.7 Å². The van der Waals surface area contributed by atoms with Gasteiger partial charge in [-0.25, -0.2) is 8.42 Å². The molecule has 0 aliphatic heterocycles. The minimum absolute atomic E-state index is 0.0531. The van der Waals surface area contributed by atoms with E-state index < -0.39 is 14.9 Å². The molecular weight excluding hydrogens is 458 g/mol. The highest BCUT2D eigenvalue weighted by Gasteiger charge is 2.23. The van der Waals surface area contributed by atoms with Gasteiger partial charge in [0.05, 0.1) is 27.7 Å². The molecule has 0 saturated heterocycles. The van der Waals surface area contributed by atoms with Crippen molar-refractivity contribution in [2.45, 2.75) is 45.4 Å². The molecule has 2 aromatic rings. The van der Waals surface area contributed by atoms with Crippen LogP contribution in [0, 0.1) is 17.0 Å². The van der Waals surface area contributed by atoms with E-state index in [1.54, 1.807) is 32.9 Å². The highest BCUT2D eigenvalue weighted by atomic mass is 32.2. The molecule has 0 aliphatic rings. The van der Waals surface area contributed by atoms with Gasteiger partial charge in [-0.3, -0.25) is 14.9 Å². The minimum atomic E-state index is -3.66. The van der Waals surface area contributed by atoms with E-state index in [0.29, 0.717) is 42.3 Å². The number of anilines is 3. The largest absolute Gasteiger partial charge is 0.383 e. The molecule has 3 N–H and O–H groups in total. The Hall–Kier alpha value is -3.18. The van der Waals surface area contributed by atoms with Crippen molar-refractivity contribution in [1.29, 1.82) is 0 Å². The van der Waals surface area contributed by atoms with Gasteiger partial charge in [-0.1, -0.05) is 27.2 Å². The lowest BCUT2D eigenvalue weighted by Gasteiger charge is -2.20. The number of nitro benzene ring substituents is 1. The maximum Gasteiger partial charge on any atom is 0.269 e. The number of aryl methyl sites for hydroxylation is 1. The van der Waals surface area contributed by atoms with Crippen LogP contribution in [0.2, 0.25) is 0 Å². The summed E-state index contributed by atoms with van der Waals surface area (Å²) in [6.45, 7) is 8.62. The number of non-ortho nitro benzene ring substituents is 1. The van der Waals surface area contributed by atoms with Crippen molar-refractivity contribution >= 4 is 38.7 Å². The quantitative estimate of drug-likeness (QED) is 0.217. The number of nitro groups is 1. The fourth-order valence-corrected chi connectivity index (χ4v) is 4.85. The molecular formula is C23H33N5O5S. The molecule has 0 heterocycles. The summed E-state index contributed by atoms with van der Waals surface area (Å²) in [6.07, 6.45) is 1.94. The number of unbranched alkanes of at least 4 members (excludes halogenated alkanes) is 1. The van der Waals surface area contributed by atoms with Crippen molar-refractivity contribution in [3.8, 4) is 0 Å². The van der Waals surface area contributed by atoms with Crippen molar-refractivity contribution < 1.29 is 18.1 Å². The van der Waals surface area contributed by atoms with Crippen LogP contribution in [0.1, 0.15) is 39.2 Å². The first-order valence-electron chi connectivity index (χ1n) is 11.3. The molecule has 0 aliphatic carbocycles. The van der Waals surface area contributed by atoms with Crippen LogP contribution in [0.15, 0.2) is 41.3 Å². The molecule has 34 heavy (non-hydrogen) atoms. The van der Waals surface area contributed by atoms with Crippen molar-refractivity contribution in [1.82, 2.24) is 4.31 Å². The van der Waals surface area contributed by atoms with E-state index >= 15 is 0 Å². The Bertz CT molecular complexity index is 1120. The van der Waals surface area contributed by atoms with Crippen molar-refractivity contribution in [3.05, 3.63) is 52.1 Å². The smallest absolute Gasteiger partial charge is 0.269 e. The van der Waals surface area contributed by atoms with Gasteiger partial charge in [0.25, 0.3) is 5.69 Å². The van der Waals surface area contributed by atoms with E-state index in [1.807, 2.05) is 0 Å². The Morgan fingerprint density at radius 3 is 2.26 bits per heavy atom. The van der Waals surface area contributed by atoms with Gasteiger partial charge in [-0.15, -0.1) is 0 Å². The lowest BCUT2D eigenvalue weighted by atomic mass is 10.2. The van der Waals surface area contributed by atoms with Gasteiger partial charge in [0.15, 0.2) is 0 Å². The van der Waals surface area contributed by atoms with Crippen LogP contribution < -0.4 is 16.0 Å². The van der Waals surface area contributed by atoms with Crippen LogP contribution in [0.3, 0.4) is 0 Å². The van der Waals surface area contributed by atoms with E-state index in [2.05, 4.69) is 22.9 Å². The molecule has 0 fully saturated rings. The molecule has 0 bridgehead atoms. The predicted molar refractivity (Wildman–Crippen MR) is 135 cm³/mol. The third kappa shape index (κ3) is 6.91. The van der Waals surface area contributed by atoms with Crippen LogP contribution in [0.4, 0.5) is 22.7 Å². The fourth-order valence-electron chi connectivity index (χ4n) is 3.37. The molecule has 2 aromatic carbocycles. The lowest BCUT2D eigenvalue weighted by Crippen LogP contribution is -2.30. The molecule has 2 rings (SSSR count). The van der Waals surface area contributed by atoms with Gasteiger partial charge in [0, 0.05) is 37.5 Å². The summed E-state index contributed by atoms with van der Waals surface area (Å²) in [5.74, 6) is -0.367. The zero-order valence-electron chi connectivity index (χ0n) is 20.1. The van der Waals surface area contributed by atoms with Crippen LogP contribution in [-0.2, 0) is 14.8 Å². The zero-order valence-corrected chi connectivity index (χ0v) is 20.9. The fraction of sp³-hybridized carbons (Fsp3) is 0.435. The van der Waals surface area contributed by atoms with Crippen LogP contribution in [0.25, 0.3) is 0 Å². The number of benzene rings is 2. The number of nitrogens with one attached hydrogen (secondary N) is 3. The van der Waals surface area contributed by atoms with E-state index in [4.69, 9.17) is 0 Å². The monoisotopic (exact) mass is 491 g/mol. The summed E-state index contributed by atoms with van der Waals surface area (Å²) in [6, 6.07) is 9.00. The minimum Gasteiger partial charge on any atom is -0.383 e. The Kier molecular flexibility index (Phi) is 9.82. The zero-order chi connectivity index (χ0) is 25.3. The number of carbonyl (C=O) groups excluding carboxylic acids is 1. The third-order valence-electron chi connectivity index (χ3n) is 5.31. The second kappa shape index (κ2) is 12.3. The molecule has 1 amide bonds. The Morgan fingerprint density at radius 2 is 1.68 bits per heavy atom. The summed E-state index contributed by atoms with van der Waals surface area (Å²) in [4.78, 5) is 23.1. The number of nitrogens with zero attached hydrogens (tertiary/aromatic N) is 2. The summed E-state index contributed by atoms with van der Waals surface area (Å²) in [7, 11) is -3.66. The average Bonchev–Trinajstić information content (AvgIpc) is 2.80. The first-order valence-corrected chi connectivity index (χ1v) is 12.7. The molecule has 0 spiro atoms. The van der Waals surface area contributed by atoms with Gasteiger partial charge in [0.1, 0.15) is 0 Å². The number of hydrogen-bond donors (Lipinski definition) is 3. The molecule has 10 nitrogen and oxygen atoms in total. The van der Waals surface area contributed by atoms with Crippen LogP contribution >= 0.6 is 0 Å². The highest BCUT2D eigenvalue weighted by Crippen LogP contribution is 2.28. The summed E-state index contributed by atoms with van der Waals surface area (Å²) in [5.41, 5.74) is 2.18. The molecule has 0 unspecified atom stereocenters. The van der Waals surface area contributed by atoms with Gasteiger partial charge in [-0.05, 0) is 43.2 Å². The van der Waals surface area contributed by atoms with Crippen LogP contribution in [0.5, 0.6) is 0 Å². The number of amides is 1. The Labute approximate surface area is 200 Å². The third-order valence-corrected chi connectivity index (χ3v) is 7.36. The van der Waals surface area contributed by atoms with Crippen molar-refractivity contribution in [2.75, 3.05) is 42.1 Å². The van der Waals surface area contributed by atoms with E-state index in [0.717, 1.165) is 12.8 Å². The van der Waals surface area contributed by atoms with E-state index in [1.165, 1.54) is 28.6 Å². The predicted octanol–water partition coefficient (Wildman–Crippen LogP) is 4.20. The molecule has 0 saturated carbocycles. The second-order valence-corrected chi connectivity index (χ2v) is 9.67.